The van der Waals surface area contributed by atoms with E-state index in [1.165, 1.54) is 0 Å². The van der Waals surface area contributed by atoms with Crippen LogP contribution >= 0.6 is 0 Å². The summed E-state index contributed by atoms with van der Waals surface area (Å²) in [5.74, 6) is -0.310. The molecule has 0 aliphatic heterocycles. The van der Waals surface area contributed by atoms with Gasteiger partial charge in [0.15, 0.2) is 5.84 Å². The van der Waals surface area contributed by atoms with Gasteiger partial charge in [-0.15, -0.1) is 0 Å². The van der Waals surface area contributed by atoms with Crippen LogP contribution in [0.15, 0.2) is 5.16 Å². The van der Waals surface area contributed by atoms with Crippen molar-refractivity contribution in [1.82, 2.24) is 4.90 Å². The lowest BCUT2D eigenvalue weighted by Crippen LogP contribution is -2.50. The van der Waals surface area contributed by atoms with E-state index in [2.05, 4.69) is 5.16 Å². The topological polar surface area (TPSA) is 99.2 Å². The second-order valence-electron chi connectivity index (χ2n) is 4.19. The molecule has 6 nitrogen and oxygen atoms in total. The minimum Gasteiger partial charge on any atom is -0.409 e. The monoisotopic (exact) mass is 245 g/mol. The summed E-state index contributed by atoms with van der Waals surface area (Å²) in [6, 6.07) is 0. The van der Waals surface area contributed by atoms with E-state index in [9.17, 15) is 4.79 Å². The maximum atomic E-state index is 12.3. The molecule has 0 aromatic heterocycles. The van der Waals surface area contributed by atoms with E-state index in [4.69, 9.17) is 16.0 Å². The number of carbonyl (C=O) groups is 1. The number of hydrogen-bond donors (Lipinski definition) is 3. The first-order chi connectivity index (χ1) is 7.97. The first kappa shape index (κ1) is 15.7. The summed E-state index contributed by atoms with van der Waals surface area (Å²) in [4.78, 5) is 13.9. The van der Waals surface area contributed by atoms with Gasteiger partial charge in [-0.25, -0.2) is 0 Å². The van der Waals surface area contributed by atoms with Crippen LogP contribution in [0.3, 0.4) is 0 Å². The molecule has 4 N–H and O–H groups in total. The molecule has 0 aliphatic rings. The van der Waals surface area contributed by atoms with Gasteiger partial charge in [0, 0.05) is 13.1 Å². The highest BCUT2D eigenvalue weighted by Gasteiger charge is 2.39. The summed E-state index contributed by atoms with van der Waals surface area (Å²) in [6.07, 6.45) is 1.23. The number of oxime groups is 1. The number of amides is 1. The molecule has 0 aromatic rings. The van der Waals surface area contributed by atoms with Crippen LogP contribution in [0.1, 0.15) is 33.6 Å². The van der Waals surface area contributed by atoms with Crippen molar-refractivity contribution >= 4 is 11.7 Å². The summed E-state index contributed by atoms with van der Waals surface area (Å²) in [6.45, 7) is 6.12. The van der Waals surface area contributed by atoms with Crippen LogP contribution in [0, 0.1) is 5.41 Å². The molecule has 0 fully saturated rings. The molecule has 0 bridgehead atoms. The highest BCUT2D eigenvalue weighted by molar-refractivity contribution is 6.06. The van der Waals surface area contributed by atoms with Gasteiger partial charge in [-0.05, 0) is 19.8 Å². The Balaban J connectivity index is 5.05. The molecule has 0 radical (unpaired) electrons. The lowest BCUT2D eigenvalue weighted by atomic mass is 9.84. The Hall–Kier alpha value is -1.30. The van der Waals surface area contributed by atoms with Gasteiger partial charge < -0.3 is 20.9 Å². The lowest BCUT2D eigenvalue weighted by molar-refractivity contribution is -0.138. The third-order valence-corrected chi connectivity index (χ3v) is 3.00. The van der Waals surface area contributed by atoms with Crippen molar-refractivity contribution in [2.75, 3.05) is 19.7 Å². The summed E-state index contributed by atoms with van der Waals surface area (Å²) >= 11 is 0. The van der Waals surface area contributed by atoms with Crippen molar-refractivity contribution in [3.8, 4) is 0 Å². The van der Waals surface area contributed by atoms with Crippen LogP contribution in [0.2, 0.25) is 0 Å². The third kappa shape index (κ3) is 3.59. The number of nitrogens with zero attached hydrogens (tertiary/aromatic N) is 2. The third-order valence-electron chi connectivity index (χ3n) is 3.00. The van der Waals surface area contributed by atoms with E-state index in [0.29, 0.717) is 13.0 Å². The summed E-state index contributed by atoms with van der Waals surface area (Å²) in [5.41, 5.74) is 4.57. The van der Waals surface area contributed by atoms with Crippen molar-refractivity contribution in [3.05, 3.63) is 0 Å². The first-order valence-corrected chi connectivity index (χ1v) is 5.86. The van der Waals surface area contributed by atoms with Gasteiger partial charge in [-0.2, -0.15) is 0 Å². The van der Waals surface area contributed by atoms with Crippen LogP contribution in [0.25, 0.3) is 0 Å². The molecule has 0 aromatic carbocycles. The van der Waals surface area contributed by atoms with Crippen LogP contribution in [0.4, 0.5) is 0 Å². The smallest absolute Gasteiger partial charge is 0.236 e. The average Bonchev–Trinajstić information content (AvgIpc) is 2.35. The Morgan fingerprint density at radius 1 is 1.41 bits per heavy atom. The Morgan fingerprint density at radius 3 is 2.35 bits per heavy atom. The Bertz CT molecular complexity index is 275. The van der Waals surface area contributed by atoms with Gasteiger partial charge in [0.25, 0.3) is 0 Å². The predicted octanol–water partition coefficient (Wildman–Crippen LogP) is 0.380. The number of rotatable bonds is 7. The molecule has 0 spiro atoms. The average molecular weight is 245 g/mol. The van der Waals surface area contributed by atoms with Crippen molar-refractivity contribution < 1.29 is 15.1 Å². The molecule has 17 heavy (non-hydrogen) atoms. The number of carbonyl (C=O) groups excluding carboxylic acids is 1. The Morgan fingerprint density at radius 2 is 2.00 bits per heavy atom. The summed E-state index contributed by atoms with van der Waals surface area (Å²) in [7, 11) is 0. The first-order valence-electron chi connectivity index (χ1n) is 5.86. The zero-order valence-electron chi connectivity index (χ0n) is 10.8. The second kappa shape index (κ2) is 7.11. The van der Waals surface area contributed by atoms with E-state index >= 15 is 0 Å². The van der Waals surface area contributed by atoms with Gasteiger partial charge in [-0.1, -0.05) is 19.0 Å². The number of amidine groups is 1. The van der Waals surface area contributed by atoms with Gasteiger partial charge in [0.1, 0.15) is 5.41 Å². The SMILES string of the molecule is CCCN(CCO)C(=O)C(C)(CC)C(N)=NO. The van der Waals surface area contributed by atoms with E-state index in [0.717, 1.165) is 6.42 Å². The molecule has 0 saturated carbocycles. The van der Waals surface area contributed by atoms with E-state index in [1.807, 2.05) is 6.92 Å². The largest absolute Gasteiger partial charge is 0.409 e. The van der Waals surface area contributed by atoms with Crippen LogP contribution in [-0.2, 0) is 4.79 Å². The van der Waals surface area contributed by atoms with Crippen molar-refractivity contribution in [1.29, 1.82) is 0 Å². The summed E-state index contributed by atoms with van der Waals surface area (Å²) < 4.78 is 0. The van der Waals surface area contributed by atoms with E-state index < -0.39 is 5.41 Å². The molecule has 1 atom stereocenters. The standard InChI is InChI=1S/C11H23N3O3/c1-4-6-14(7-8-15)10(16)11(3,5-2)9(12)13-17/h15,17H,4-8H2,1-3H3,(H2,12,13). The van der Waals surface area contributed by atoms with Crippen LogP contribution in [-0.4, -0.2) is 46.7 Å². The Kier molecular flexibility index (Phi) is 6.57. The fourth-order valence-corrected chi connectivity index (χ4v) is 1.61. The zero-order valence-corrected chi connectivity index (χ0v) is 10.8. The highest BCUT2D eigenvalue weighted by atomic mass is 16.4. The predicted molar refractivity (Wildman–Crippen MR) is 65.8 cm³/mol. The Labute approximate surface area is 102 Å². The molecule has 0 heterocycles. The quantitative estimate of drug-likeness (QED) is 0.261. The molecule has 6 heteroatoms. The fourth-order valence-electron chi connectivity index (χ4n) is 1.61. The summed E-state index contributed by atoms with van der Waals surface area (Å²) in [5, 5.41) is 20.6. The highest BCUT2D eigenvalue weighted by Crippen LogP contribution is 2.24. The van der Waals surface area contributed by atoms with Crippen LogP contribution in [0.5, 0.6) is 0 Å². The second-order valence-corrected chi connectivity index (χ2v) is 4.19. The van der Waals surface area contributed by atoms with Crippen molar-refractivity contribution in [3.63, 3.8) is 0 Å². The lowest BCUT2D eigenvalue weighted by Gasteiger charge is -2.32. The normalized spacial score (nSPS) is 15.4. The van der Waals surface area contributed by atoms with Gasteiger partial charge in [0.05, 0.1) is 6.61 Å². The van der Waals surface area contributed by atoms with Gasteiger partial charge in [0.2, 0.25) is 5.91 Å². The minimum absolute atomic E-state index is 0.0935. The van der Waals surface area contributed by atoms with E-state index in [-0.39, 0.29) is 24.9 Å². The molecular formula is C11H23N3O3. The zero-order chi connectivity index (χ0) is 13.5. The molecule has 0 saturated heterocycles. The van der Waals surface area contributed by atoms with Gasteiger partial charge in [-0.3, -0.25) is 4.79 Å². The van der Waals surface area contributed by atoms with Crippen molar-refractivity contribution in [2.24, 2.45) is 16.3 Å². The molecule has 1 amide bonds. The van der Waals surface area contributed by atoms with Gasteiger partial charge >= 0.3 is 0 Å². The molecular weight excluding hydrogens is 222 g/mol. The fraction of sp³-hybridized carbons (Fsp3) is 0.818. The maximum absolute atomic E-state index is 12.3. The number of hydrogen-bond acceptors (Lipinski definition) is 4. The van der Waals surface area contributed by atoms with Crippen molar-refractivity contribution in [2.45, 2.75) is 33.6 Å². The molecule has 0 rings (SSSR count). The maximum Gasteiger partial charge on any atom is 0.236 e. The molecule has 100 valence electrons. The van der Waals surface area contributed by atoms with E-state index in [1.54, 1.807) is 18.7 Å². The number of aliphatic hydroxyl groups is 1. The molecule has 0 aliphatic carbocycles. The van der Waals surface area contributed by atoms with Crippen LogP contribution < -0.4 is 5.73 Å². The minimum atomic E-state index is -1.01. The molecule has 1 unspecified atom stereocenters. The number of nitrogens with two attached hydrogens (primary N) is 1. The number of aliphatic hydroxyl groups excluding tert-OH is 1.